The largest absolute Gasteiger partial charge is 0.354 e. The van der Waals surface area contributed by atoms with E-state index >= 15 is 0 Å². The smallest absolute Gasteiger partial charge is 0.176 e. The molecule has 0 unspecified atom stereocenters. The van der Waals surface area contributed by atoms with Crippen LogP contribution in [0.25, 0.3) is 5.82 Å². The third kappa shape index (κ3) is 3.59. The second-order valence-electron chi connectivity index (χ2n) is 5.57. The van der Waals surface area contributed by atoms with Crippen LogP contribution in [0.5, 0.6) is 0 Å². The van der Waals surface area contributed by atoms with Crippen molar-refractivity contribution in [2.45, 2.75) is 20.4 Å². The van der Waals surface area contributed by atoms with E-state index in [4.69, 9.17) is 0 Å². The van der Waals surface area contributed by atoms with E-state index in [1.807, 2.05) is 51.2 Å². The average molecular weight is 372 g/mol. The van der Waals surface area contributed by atoms with Crippen LogP contribution in [0.15, 0.2) is 46.9 Å². The van der Waals surface area contributed by atoms with Crippen molar-refractivity contribution in [1.29, 1.82) is 0 Å². The molecule has 2 aromatic heterocycles. The van der Waals surface area contributed by atoms with Gasteiger partial charge in [-0.3, -0.25) is 0 Å². The minimum absolute atomic E-state index is 0.733. The summed E-state index contributed by atoms with van der Waals surface area (Å²) in [4.78, 5) is 2.07. The normalized spacial score (nSPS) is 10.8. The first-order valence-corrected chi connectivity index (χ1v) is 8.15. The molecule has 1 aromatic carbocycles. The molecule has 0 bridgehead atoms. The highest BCUT2D eigenvalue weighted by atomic mass is 79.9. The molecule has 0 radical (unpaired) electrons. The van der Waals surface area contributed by atoms with E-state index in [0.717, 1.165) is 34.0 Å². The van der Waals surface area contributed by atoms with Crippen LogP contribution in [0.3, 0.4) is 0 Å². The van der Waals surface area contributed by atoms with Crippen LogP contribution in [0.4, 0.5) is 5.82 Å². The van der Waals surface area contributed by atoms with Gasteiger partial charge in [-0.25, -0.2) is 4.68 Å². The van der Waals surface area contributed by atoms with Crippen LogP contribution < -0.4 is 4.90 Å². The van der Waals surface area contributed by atoms with Crippen molar-refractivity contribution in [2.75, 3.05) is 11.9 Å². The van der Waals surface area contributed by atoms with Crippen molar-refractivity contribution in [3.05, 3.63) is 63.9 Å². The number of rotatable bonds is 4. The Morgan fingerprint density at radius 2 is 1.78 bits per heavy atom. The Balaban J connectivity index is 1.76. The number of aromatic nitrogens is 4. The van der Waals surface area contributed by atoms with Gasteiger partial charge in [0.1, 0.15) is 0 Å². The lowest BCUT2D eigenvalue weighted by molar-refractivity contribution is 0.772. The van der Waals surface area contributed by atoms with Gasteiger partial charge in [0, 0.05) is 23.8 Å². The number of anilines is 1. The van der Waals surface area contributed by atoms with E-state index in [1.54, 1.807) is 4.68 Å². The summed E-state index contributed by atoms with van der Waals surface area (Å²) in [5.74, 6) is 1.56. The summed E-state index contributed by atoms with van der Waals surface area (Å²) in [7, 11) is 2.01. The highest BCUT2D eigenvalue weighted by Gasteiger charge is 2.08. The van der Waals surface area contributed by atoms with Gasteiger partial charge in [0.05, 0.1) is 5.69 Å². The van der Waals surface area contributed by atoms with Gasteiger partial charge in [-0.05, 0) is 49.7 Å². The second kappa shape index (κ2) is 6.50. The van der Waals surface area contributed by atoms with E-state index in [1.165, 1.54) is 5.56 Å². The van der Waals surface area contributed by atoms with Gasteiger partial charge in [0.25, 0.3) is 0 Å². The summed E-state index contributed by atoms with van der Waals surface area (Å²) >= 11 is 3.45. The van der Waals surface area contributed by atoms with Gasteiger partial charge in [0.15, 0.2) is 11.6 Å². The molecule has 2 heterocycles. The number of aryl methyl sites for hydroxylation is 2. The van der Waals surface area contributed by atoms with Crippen LogP contribution in [0.2, 0.25) is 0 Å². The fraction of sp³-hybridized carbons (Fsp3) is 0.235. The lowest BCUT2D eigenvalue weighted by Gasteiger charge is -2.17. The van der Waals surface area contributed by atoms with Gasteiger partial charge < -0.3 is 4.90 Å². The van der Waals surface area contributed by atoms with E-state index < -0.39 is 0 Å². The Labute approximate surface area is 144 Å². The van der Waals surface area contributed by atoms with Crippen molar-refractivity contribution in [1.82, 2.24) is 20.0 Å². The zero-order chi connectivity index (χ0) is 16.4. The van der Waals surface area contributed by atoms with Crippen molar-refractivity contribution < 1.29 is 0 Å². The molecule has 3 rings (SSSR count). The Morgan fingerprint density at radius 3 is 2.35 bits per heavy atom. The fourth-order valence-corrected chi connectivity index (χ4v) is 2.70. The summed E-state index contributed by atoms with van der Waals surface area (Å²) in [6.07, 6.45) is 0. The van der Waals surface area contributed by atoms with Gasteiger partial charge in [-0.15, -0.1) is 10.2 Å². The molecule has 0 amide bonds. The third-order valence-corrected chi connectivity index (χ3v) is 4.12. The highest BCUT2D eigenvalue weighted by molar-refractivity contribution is 9.10. The van der Waals surface area contributed by atoms with E-state index in [0.29, 0.717) is 0 Å². The van der Waals surface area contributed by atoms with Crippen LogP contribution in [0, 0.1) is 13.8 Å². The predicted molar refractivity (Wildman–Crippen MR) is 94.9 cm³/mol. The first-order chi connectivity index (χ1) is 11.0. The molecule has 0 spiro atoms. The second-order valence-corrected chi connectivity index (χ2v) is 6.49. The number of hydrogen-bond acceptors (Lipinski definition) is 4. The molecule has 3 aromatic rings. The molecule has 5 nitrogen and oxygen atoms in total. The standard InChI is InChI=1S/C17H18BrN5/c1-12-10-13(2)23(21-12)17-9-8-16(19-20-17)22(3)11-14-4-6-15(18)7-5-14/h4-10H,11H2,1-3H3. The molecule has 6 heteroatoms. The highest BCUT2D eigenvalue weighted by Crippen LogP contribution is 2.16. The number of hydrogen-bond donors (Lipinski definition) is 0. The summed E-state index contributed by atoms with van der Waals surface area (Å²) < 4.78 is 2.89. The fourth-order valence-electron chi connectivity index (χ4n) is 2.44. The Morgan fingerprint density at radius 1 is 1.04 bits per heavy atom. The van der Waals surface area contributed by atoms with E-state index in [2.05, 4.69) is 48.3 Å². The molecular weight excluding hydrogens is 354 g/mol. The number of benzene rings is 1. The molecule has 0 fully saturated rings. The lowest BCUT2D eigenvalue weighted by atomic mass is 10.2. The van der Waals surface area contributed by atoms with Gasteiger partial charge in [-0.2, -0.15) is 5.10 Å². The molecule has 0 aliphatic carbocycles. The summed E-state index contributed by atoms with van der Waals surface area (Å²) in [6, 6.07) is 14.2. The Hall–Kier alpha value is -2.21. The summed E-state index contributed by atoms with van der Waals surface area (Å²) in [5, 5.41) is 13.1. The molecule has 0 aliphatic heterocycles. The van der Waals surface area contributed by atoms with Gasteiger partial charge in [-0.1, -0.05) is 28.1 Å². The molecule has 0 aliphatic rings. The lowest BCUT2D eigenvalue weighted by Crippen LogP contribution is -2.18. The van der Waals surface area contributed by atoms with Crippen LogP contribution in [-0.4, -0.2) is 27.0 Å². The van der Waals surface area contributed by atoms with Crippen LogP contribution in [0.1, 0.15) is 17.0 Å². The minimum atomic E-state index is 0.733. The van der Waals surface area contributed by atoms with Gasteiger partial charge in [0.2, 0.25) is 0 Å². The van der Waals surface area contributed by atoms with Crippen molar-refractivity contribution in [3.63, 3.8) is 0 Å². The number of nitrogens with zero attached hydrogens (tertiary/aromatic N) is 5. The molecule has 23 heavy (non-hydrogen) atoms. The zero-order valence-electron chi connectivity index (χ0n) is 13.4. The summed E-state index contributed by atoms with van der Waals surface area (Å²) in [5.41, 5.74) is 3.24. The van der Waals surface area contributed by atoms with Crippen LogP contribution >= 0.6 is 15.9 Å². The van der Waals surface area contributed by atoms with Crippen LogP contribution in [-0.2, 0) is 6.54 Å². The average Bonchev–Trinajstić information content (AvgIpc) is 2.88. The zero-order valence-corrected chi connectivity index (χ0v) is 14.9. The summed E-state index contributed by atoms with van der Waals surface area (Å²) in [6.45, 7) is 4.76. The SMILES string of the molecule is Cc1cc(C)n(-c2ccc(N(C)Cc3ccc(Br)cc3)nn2)n1. The maximum atomic E-state index is 4.43. The number of halogens is 1. The third-order valence-electron chi connectivity index (χ3n) is 3.59. The van der Waals surface area contributed by atoms with Crippen molar-refractivity contribution in [3.8, 4) is 5.82 Å². The van der Waals surface area contributed by atoms with Crippen molar-refractivity contribution in [2.24, 2.45) is 0 Å². The van der Waals surface area contributed by atoms with Crippen molar-refractivity contribution >= 4 is 21.7 Å². The topological polar surface area (TPSA) is 46.8 Å². The van der Waals surface area contributed by atoms with E-state index in [9.17, 15) is 0 Å². The van der Waals surface area contributed by atoms with E-state index in [-0.39, 0.29) is 0 Å². The quantitative estimate of drug-likeness (QED) is 0.701. The maximum absolute atomic E-state index is 4.43. The maximum Gasteiger partial charge on any atom is 0.176 e. The first-order valence-electron chi connectivity index (χ1n) is 7.36. The molecular formula is C17H18BrN5. The predicted octanol–water partition coefficient (Wildman–Crippen LogP) is 3.68. The first kappa shape index (κ1) is 15.7. The Bertz CT molecular complexity index is 793. The molecule has 0 saturated heterocycles. The molecule has 118 valence electrons. The molecule has 0 saturated carbocycles. The minimum Gasteiger partial charge on any atom is -0.354 e. The molecule has 0 atom stereocenters. The molecule has 0 N–H and O–H groups in total. The monoisotopic (exact) mass is 371 g/mol. The Kier molecular flexibility index (Phi) is 4.43. The van der Waals surface area contributed by atoms with Gasteiger partial charge >= 0.3 is 0 Å².